The molecule has 1 aliphatic heterocycles. The second kappa shape index (κ2) is 10.4. The summed E-state index contributed by atoms with van der Waals surface area (Å²) in [5.41, 5.74) is 2.08. The van der Waals surface area contributed by atoms with Crippen molar-refractivity contribution in [2.24, 2.45) is 0 Å². The molecule has 1 aromatic carbocycles. The number of nitrogens with zero attached hydrogens (tertiary/aromatic N) is 3. The van der Waals surface area contributed by atoms with Crippen LogP contribution in [0.15, 0.2) is 42.7 Å². The van der Waals surface area contributed by atoms with Crippen LogP contribution in [-0.2, 0) is 4.74 Å². The standard InChI is InChI=1S/C24H29N5O4/c1-2-3-4-9-26-23(31)29-11-8-18-16-17(5-6-20(18)29)19-7-10-25-22(21(19)30)27-24(32)28-12-14-33-15-13-28/h5-8,10-11,16,30H,2-4,9,12-15H2,1H3,(H,26,31)(H,25,27,32). The average molecular weight is 452 g/mol. The molecule has 0 bridgehead atoms. The first-order chi connectivity index (χ1) is 16.1. The van der Waals surface area contributed by atoms with Gasteiger partial charge < -0.3 is 20.1 Å². The molecule has 1 saturated heterocycles. The van der Waals surface area contributed by atoms with Gasteiger partial charge in [0.2, 0.25) is 0 Å². The summed E-state index contributed by atoms with van der Waals surface area (Å²) >= 11 is 0. The van der Waals surface area contributed by atoms with Crippen LogP contribution in [0.1, 0.15) is 26.2 Å². The molecule has 33 heavy (non-hydrogen) atoms. The van der Waals surface area contributed by atoms with Crippen molar-refractivity contribution in [3.63, 3.8) is 0 Å². The Labute approximate surface area is 192 Å². The summed E-state index contributed by atoms with van der Waals surface area (Å²) in [6.07, 6.45) is 6.43. The molecule has 9 heteroatoms. The summed E-state index contributed by atoms with van der Waals surface area (Å²) in [6.45, 7) is 4.74. The highest BCUT2D eigenvalue weighted by Gasteiger charge is 2.20. The van der Waals surface area contributed by atoms with Gasteiger partial charge in [-0.3, -0.25) is 9.88 Å². The third kappa shape index (κ3) is 5.09. The lowest BCUT2D eigenvalue weighted by Gasteiger charge is -2.26. The van der Waals surface area contributed by atoms with Gasteiger partial charge in [-0.1, -0.05) is 25.8 Å². The summed E-state index contributed by atoms with van der Waals surface area (Å²) in [5, 5.41) is 17.3. The average Bonchev–Trinajstić information content (AvgIpc) is 3.27. The number of hydrogen-bond donors (Lipinski definition) is 3. The first-order valence-corrected chi connectivity index (χ1v) is 11.3. The summed E-state index contributed by atoms with van der Waals surface area (Å²) in [6, 6.07) is 8.67. The Kier molecular flexibility index (Phi) is 7.09. The highest BCUT2D eigenvalue weighted by atomic mass is 16.5. The fraction of sp³-hybridized carbons (Fsp3) is 0.375. The number of hydrogen-bond acceptors (Lipinski definition) is 5. The van der Waals surface area contributed by atoms with E-state index in [1.165, 1.54) is 0 Å². The number of carbonyl (C=O) groups excluding carboxylic acids is 2. The van der Waals surface area contributed by atoms with Gasteiger partial charge in [-0.2, -0.15) is 0 Å². The van der Waals surface area contributed by atoms with Crippen molar-refractivity contribution < 1.29 is 19.4 Å². The number of ether oxygens (including phenoxy) is 1. The number of pyridine rings is 1. The zero-order chi connectivity index (χ0) is 23.2. The Morgan fingerprint density at radius 1 is 1.12 bits per heavy atom. The van der Waals surface area contributed by atoms with Crippen LogP contribution < -0.4 is 10.6 Å². The van der Waals surface area contributed by atoms with Gasteiger partial charge in [0.05, 0.1) is 18.7 Å². The smallest absolute Gasteiger partial charge is 0.326 e. The van der Waals surface area contributed by atoms with Crippen molar-refractivity contribution in [1.29, 1.82) is 0 Å². The van der Waals surface area contributed by atoms with Gasteiger partial charge in [0.15, 0.2) is 11.6 Å². The third-order valence-electron chi connectivity index (χ3n) is 5.72. The second-order valence-corrected chi connectivity index (χ2v) is 7.98. The molecule has 3 aromatic rings. The van der Waals surface area contributed by atoms with Gasteiger partial charge in [0.25, 0.3) is 0 Å². The van der Waals surface area contributed by atoms with E-state index in [4.69, 9.17) is 4.74 Å². The highest BCUT2D eigenvalue weighted by Crippen LogP contribution is 2.35. The number of carbonyl (C=O) groups is 2. The van der Waals surface area contributed by atoms with Crippen LogP contribution in [0.25, 0.3) is 22.0 Å². The summed E-state index contributed by atoms with van der Waals surface area (Å²) < 4.78 is 6.86. The van der Waals surface area contributed by atoms with E-state index in [1.54, 1.807) is 27.9 Å². The molecule has 0 spiro atoms. The maximum atomic E-state index is 12.5. The number of amides is 3. The third-order valence-corrected chi connectivity index (χ3v) is 5.72. The molecular weight excluding hydrogens is 422 g/mol. The molecule has 0 aliphatic carbocycles. The molecule has 174 valence electrons. The lowest BCUT2D eigenvalue weighted by molar-refractivity contribution is 0.0564. The molecule has 3 heterocycles. The maximum Gasteiger partial charge on any atom is 0.326 e. The summed E-state index contributed by atoms with van der Waals surface area (Å²) in [5.74, 6) is -0.000301. The lowest BCUT2D eigenvalue weighted by Crippen LogP contribution is -2.43. The first kappa shape index (κ1) is 22.6. The topological polar surface area (TPSA) is 109 Å². The number of aromatic nitrogens is 2. The minimum Gasteiger partial charge on any atom is -0.504 e. The quantitative estimate of drug-likeness (QED) is 0.491. The molecule has 1 fully saturated rings. The minimum atomic E-state index is -0.323. The zero-order valence-corrected chi connectivity index (χ0v) is 18.7. The first-order valence-electron chi connectivity index (χ1n) is 11.3. The number of urea groups is 1. The molecule has 1 aliphatic rings. The van der Waals surface area contributed by atoms with E-state index in [-0.39, 0.29) is 23.6 Å². The summed E-state index contributed by atoms with van der Waals surface area (Å²) in [4.78, 5) is 30.8. The number of rotatable bonds is 6. The molecule has 0 saturated carbocycles. The van der Waals surface area contributed by atoms with E-state index < -0.39 is 0 Å². The van der Waals surface area contributed by atoms with Crippen molar-refractivity contribution in [2.75, 3.05) is 38.2 Å². The Morgan fingerprint density at radius 2 is 1.94 bits per heavy atom. The maximum absolute atomic E-state index is 12.5. The largest absolute Gasteiger partial charge is 0.504 e. The Bertz CT molecular complexity index is 1140. The van der Waals surface area contributed by atoms with Crippen molar-refractivity contribution in [2.45, 2.75) is 26.2 Å². The van der Waals surface area contributed by atoms with E-state index in [2.05, 4.69) is 22.5 Å². The van der Waals surface area contributed by atoms with E-state index in [0.717, 1.165) is 35.7 Å². The van der Waals surface area contributed by atoms with Crippen LogP contribution >= 0.6 is 0 Å². The molecule has 0 radical (unpaired) electrons. The molecule has 0 atom stereocenters. The normalized spacial score (nSPS) is 13.8. The SMILES string of the molecule is CCCCCNC(=O)n1ccc2cc(-c3ccnc(NC(=O)N4CCOCC4)c3O)ccc21. The Morgan fingerprint density at radius 3 is 2.73 bits per heavy atom. The van der Waals surface area contributed by atoms with Gasteiger partial charge in [-0.05, 0) is 36.2 Å². The molecule has 4 rings (SSSR count). The lowest BCUT2D eigenvalue weighted by atomic mass is 10.0. The predicted molar refractivity (Wildman–Crippen MR) is 127 cm³/mol. The van der Waals surface area contributed by atoms with Crippen LogP contribution in [0.3, 0.4) is 0 Å². The fourth-order valence-corrected chi connectivity index (χ4v) is 3.87. The van der Waals surface area contributed by atoms with Gasteiger partial charge >= 0.3 is 12.1 Å². The van der Waals surface area contributed by atoms with Crippen LogP contribution in [0.2, 0.25) is 0 Å². The fourth-order valence-electron chi connectivity index (χ4n) is 3.87. The van der Waals surface area contributed by atoms with Crippen molar-refractivity contribution in [1.82, 2.24) is 19.8 Å². The number of fused-ring (bicyclic) bond motifs is 1. The predicted octanol–water partition coefficient (Wildman–Crippen LogP) is 4.02. The molecule has 3 N–H and O–H groups in total. The Balaban J connectivity index is 1.52. The van der Waals surface area contributed by atoms with Gasteiger partial charge in [0.1, 0.15) is 0 Å². The van der Waals surface area contributed by atoms with Crippen LogP contribution in [0.4, 0.5) is 15.4 Å². The zero-order valence-electron chi connectivity index (χ0n) is 18.7. The molecule has 0 unspecified atom stereocenters. The number of nitrogens with one attached hydrogen (secondary N) is 2. The van der Waals surface area contributed by atoms with Crippen molar-refractivity contribution in [3.05, 3.63) is 42.7 Å². The van der Waals surface area contributed by atoms with E-state index >= 15 is 0 Å². The van der Waals surface area contributed by atoms with E-state index in [9.17, 15) is 14.7 Å². The van der Waals surface area contributed by atoms with Crippen LogP contribution in [0, 0.1) is 0 Å². The molecule has 3 amide bonds. The number of anilines is 1. The summed E-state index contributed by atoms with van der Waals surface area (Å²) in [7, 11) is 0. The molecule has 9 nitrogen and oxygen atoms in total. The molecule has 2 aromatic heterocycles. The number of benzene rings is 1. The Hall–Kier alpha value is -3.59. The van der Waals surface area contributed by atoms with Gasteiger partial charge in [-0.25, -0.2) is 14.6 Å². The number of aromatic hydroxyl groups is 1. The van der Waals surface area contributed by atoms with E-state index in [1.807, 2.05) is 24.3 Å². The van der Waals surface area contributed by atoms with Crippen molar-refractivity contribution in [3.8, 4) is 16.9 Å². The van der Waals surface area contributed by atoms with Crippen LogP contribution in [0.5, 0.6) is 5.75 Å². The van der Waals surface area contributed by atoms with Gasteiger partial charge in [0, 0.05) is 43.0 Å². The van der Waals surface area contributed by atoms with Crippen LogP contribution in [-0.4, -0.2) is 64.5 Å². The van der Waals surface area contributed by atoms with E-state index in [0.29, 0.717) is 38.4 Å². The van der Waals surface area contributed by atoms with Crippen molar-refractivity contribution >= 4 is 28.8 Å². The second-order valence-electron chi connectivity index (χ2n) is 7.98. The number of unbranched alkanes of at least 4 members (excludes halogenated alkanes) is 2. The minimum absolute atomic E-state index is 0.105. The number of morpholine rings is 1. The highest BCUT2D eigenvalue weighted by molar-refractivity contribution is 5.95. The van der Waals surface area contributed by atoms with Gasteiger partial charge in [-0.15, -0.1) is 0 Å². The molecular formula is C24H29N5O4. The monoisotopic (exact) mass is 451 g/mol.